The number of para-hydroxylation sites is 1. The minimum absolute atomic E-state index is 0.0912. The predicted octanol–water partition coefficient (Wildman–Crippen LogP) is 0.561. The second-order valence-electron chi connectivity index (χ2n) is 4.07. The molecule has 1 N–H and O–H groups in total. The highest BCUT2D eigenvalue weighted by atomic mass is 32.2. The maximum Gasteiger partial charge on any atom is 0.414 e. The number of nitrogens with one attached hydrogen (secondary N) is 1. The molecule has 98 valence electrons. The molecule has 0 radical (unpaired) electrons. The van der Waals surface area contributed by atoms with Gasteiger partial charge in [0, 0.05) is 12.2 Å². The van der Waals surface area contributed by atoms with Gasteiger partial charge >= 0.3 is 6.09 Å². The van der Waals surface area contributed by atoms with Gasteiger partial charge in [-0.2, -0.15) is 0 Å². The lowest BCUT2D eigenvalue weighted by Gasteiger charge is -2.12. The van der Waals surface area contributed by atoms with Crippen LogP contribution >= 0.6 is 0 Å². The van der Waals surface area contributed by atoms with E-state index in [2.05, 4.69) is 4.72 Å². The number of hydrogen-bond acceptors (Lipinski definition) is 4. The van der Waals surface area contributed by atoms with Gasteiger partial charge in [-0.3, -0.25) is 4.90 Å². The second-order valence-corrected chi connectivity index (χ2v) is 5.91. The van der Waals surface area contributed by atoms with Gasteiger partial charge < -0.3 is 4.74 Å². The SMILES string of the molecule is CS(=O)(=O)NC[C@@H]1CN(c2ccccc2)C(=O)O1. The fourth-order valence-corrected chi connectivity index (χ4v) is 2.18. The fourth-order valence-electron chi connectivity index (χ4n) is 1.69. The highest BCUT2D eigenvalue weighted by molar-refractivity contribution is 7.88. The number of carbonyl (C=O) groups is 1. The first-order chi connectivity index (χ1) is 8.46. The number of hydrogen-bond donors (Lipinski definition) is 1. The number of ether oxygens (including phenoxy) is 1. The number of carbonyl (C=O) groups excluding carboxylic acids is 1. The Hall–Kier alpha value is -1.60. The van der Waals surface area contributed by atoms with E-state index in [9.17, 15) is 13.2 Å². The Labute approximate surface area is 106 Å². The van der Waals surface area contributed by atoms with Gasteiger partial charge in [-0.15, -0.1) is 0 Å². The minimum Gasteiger partial charge on any atom is -0.443 e. The van der Waals surface area contributed by atoms with E-state index in [4.69, 9.17) is 4.74 Å². The molecule has 6 nitrogen and oxygen atoms in total. The summed E-state index contributed by atoms with van der Waals surface area (Å²) in [6, 6.07) is 9.10. The molecule has 7 heteroatoms. The third kappa shape index (κ3) is 3.21. The Kier molecular flexibility index (Phi) is 3.53. The minimum atomic E-state index is -3.27. The molecule has 1 aliphatic heterocycles. The van der Waals surface area contributed by atoms with E-state index in [1.165, 1.54) is 4.90 Å². The standard InChI is InChI=1S/C11H14N2O4S/c1-18(15,16)12-7-10-8-13(11(14)17-10)9-5-3-2-4-6-9/h2-6,10,12H,7-8H2,1H3/t10-/m1/s1. The summed E-state index contributed by atoms with van der Waals surface area (Å²) in [4.78, 5) is 13.1. The van der Waals surface area contributed by atoms with Crippen molar-refractivity contribution in [3.63, 3.8) is 0 Å². The number of amides is 1. The summed E-state index contributed by atoms with van der Waals surface area (Å²) in [5, 5.41) is 0. The average Bonchev–Trinajstić information content (AvgIpc) is 2.68. The van der Waals surface area contributed by atoms with Crippen LogP contribution in [0.25, 0.3) is 0 Å². The molecule has 1 atom stereocenters. The van der Waals surface area contributed by atoms with E-state index in [0.717, 1.165) is 11.9 Å². The zero-order valence-corrected chi connectivity index (χ0v) is 10.7. The molecule has 1 aromatic carbocycles. The summed E-state index contributed by atoms with van der Waals surface area (Å²) in [5.41, 5.74) is 0.740. The number of rotatable bonds is 4. The van der Waals surface area contributed by atoms with Crippen molar-refractivity contribution in [1.82, 2.24) is 4.72 Å². The van der Waals surface area contributed by atoms with Crippen LogP contribution in [0.3, 0.4) is 0 Å². The predicted molar refractivity (Wildman–Crippen MR) is 66.9 cm³/mol. The van der Waals surface area contributed by atoms with Gasteiger partial charge in [-0.05, 0) is 12.1 Å². The van der Waals surface area contributed by atoms with Crippen molar-refractivity contribution >= 4 is 21.8 Å². The maximum atomic E-state index is 11.6. The molecule has 0 spiro atoms. The van der Waals surface area contributed by atoms with Crippen molar-refractivity contribution in [3.05, 3.63) is 30.3 Å². The largest absolute Gasteiger partial charge is 0.443 e. The average molecular weight is 270 g/mol. The lowest BCUT2D eigenvalue weighted by Crippen LogP contribution is -2.33. The molecule has 18 heavy (non-hydrogen) atoms. The first-order valence-corrected chi connectivity index (χ1v) is 7.33. The Morgan fingerprint density at radius 3 is 2.67 bits per heavy atom. The lowest BCUT2D eigenvalue weighted by molar-refractivity contribution is 0.143. The molecule has 0 saturated carbocycles. The van der Waals surface area contributed by atoms with E-state index in [1.54, 1.807) is 12.1 Å². The normalized spacial score (nSPS) is 19.9. The van der Waals surface area contributed by atoms with Crippen LogP contribution in [0.4, 0.5) is 10.5 Å². The summed E-state index contributed by atoms with van der Waals surface area (Å²) >= 11 is 0. The van der Waals surface area contributed by atoms with Gasteiger partial charge in [0.25, 0.3) is 0 Å². The third-order valence-corrected chi connectivity index (χ3v) is 3.21. The van der Waals surface area contributed by atoms with E-state index < -0.39 is 22.2 Å². The molecule has 2 rings (SSSR count). The highest BCUT2D eigenvalue weighted by Crippen LogP contribution is 2.20. The molecule has 1 heterocycles. The number of anilines is 1. The number of cyclic esters (lactones) is 1. The van der Waals surface area contributed by atoms with Crippen LogP contribution in [-0.2, 0) is 14.8 Å². The van der Waals surface area contributed by atoms with Crippen LogP contribution < -0.4 is 9.62 Å². The van der Waals surface area contributed by atoms with E-state index in [1.807, 2.05) is 18.2 Å². The quantitative estimate of drug-likeness (QED) is 0.867. The number of benzene rings is 1. The molecule has 1 aliphatic rings. The van der Waals surface area contributed by atoms with E-state index in [-0.39, 0.29) is 6.54 Å². The Bertz CT molecular complexity index is 529. The van der Waals surface area contributed by atoms with Gasteiger partial charge in [0.1, 0.15) is 6.10 Å². The zero-order valence-electron chi connectivity index (χ0n) is 9.87. The van der Waals surface area contributed by atoms with Crippen LogP contribution in [-0.4, -0.2) is 40.0 Å². The summed E-state index contributed by atoms with van der Waals surface area (Å²) in [6.45, 7) is 0.430. The van der Waals surface area contributed by atoms with E-state index >= 15 is 0 Å². The molecular weight excluding hydrogens is 256 g/mol. The van der Waals surface area contributed by atoms with Gasteiger partial charge in [0.2, 0.25) is 10.0 Å². The van der Waals surface area contributed by atoms with Crippen molar-refractivity contribution in [2.75, 3.05) is 24.2 Å². The molecule has 1 fully saturated rings. The Balaban J connectivity index is 1.99. The first kappa shape index (κ1) is 12.8. The maximum absolute atomic E-state index is 11.6. The number of nitrogens with zero attached hydrogens (tertiary/aromatic N) is 1. The summed E-state index contributed by atoms with van der Waals surface area (Å²) in [6.07, 6.45) is 0.146. The van der Waals surface area contributed by atoms with Crippen LogP contribution in [0.2, 0.25) is 0 Å². The summed E-state index contributed by atoms with van der Waals surface area (Å²) in [7, 11) is -3.27. The van der Waals surface area contributed by atoms with Crippen LogP contribution in [0, 0.1) is 0 Å². The Morgan fingerprint density at radius 2 is 2.06 bits per heavy atom. The molecule has 1 aromatic rings. The van der Waals surface area contributed by atoms with Crippen molar-refractivity contribution < 1.29 is 17.9 Å². The summed E-state index contributed by atoms with van der Waals surface area (Å²) < 4.78 is 29.3. The molecule has 0 bridgehead atoms. The van der Waals surface area contributed by atoms with Gasteiger partial charge in [0.15, 0.2) is 0 Å². The van der Waals surface area contributed by atoms with Crippen molar-refractivity contribution in [3.8, 4) is 0 Å². The summed E-state index contributed by atoms with van der Waals surface area (Å²) in [5.74, 6) is 0. The second kappa shape index (κ2) is 4.95. The van der Waals surface area contributed by atoms with Crippen LogP contribution in [0.15, 0.2) is 30.3 Å². The zero-order chi connectivity index (χ0) is 13.2. The molecule has 1 saturated heterocycles. The lowest BCUT2D eigenvalue weighted by atomic mass is 10.3. The van der Waals surface area contributed by atoms with Gasteiger partial charge in [-0.25, -0.2) is 17.9 Å². The molecule has 0 aliphatic carbocycles. The molecular formula is C11H14N2O4S. The van der Waals surface area contributed by atoms with Crippen molar-refractivity contribution in [2.45, 2.75) is 6.10 Å². The van der Waals surface area contributed by atoms with Crippen molar-refractivity contribution in [2.24, 2.45) is 0 Å². The van der Waals surface area contributed by atoms with Crippen LogP contribution in [0.1, 0.15) is 0 Å². The monoisotopic (exact) mass is 270 g/mol. The van der Waals surface area contributed by atoms with Gasteiger partial charge in [0.05, 0.1) is 12.8 Å². The van der Waals surface area contributed by atoms with Crippen LogP contribution in [0.5, 0.6) is 0 Å². The fraction of sp³-hybridized carbons (Fsp3) is 0.364. The smallest absolute Gasteiger partial charge is 0.414 e. The molecule has 0 unspecified atom stereocenters. The Morgan fingerprint density at radius 1 is 1.39 bits per heavy atom. The number of sulfonamides is 1. The highest BCUT2D eigenvalue weighted by Gasteiger charge is 2.32. The van der Waals surface area contributed by atoms with Crippen molar-refractivity contribution in [1.29, 1.82) is 0 Å². The first-order valence-electron chi connectivity index (χ1n) is 5.43. The molecule has 0 aromatic heterocycles. The van der Waals surface area contributed by atoms with Gasteiger partial charge in [-0.1, -0.05) is 18.2 Å². The third-order valence-electron chi connectivity index (χ3n) is 2.52. The van der Waals surface area contributed by atoms with E-state index in [0.29, 0.717) is 6.54 Å². The topological polar surface area (TPSA) is 75.7 Å². The molecule has 1 amide bonds.